The van der Waals surface area contributed by atoms with Gasteiger partial charge in [0.2, 0.25) is 0 Å². The Morgan fingerprint density at radius 2 is 2.31 bits per heavy atom. The number of aliphatic hydroxyl groups is 1. The molecule has 1 rings (SSSR count). The van der Waals surface area contributed by atoms with Crippen molar-refractivity contribution in [2.45, 2.75) is 6.61 Å². The van der Waals surface area contributed by atoms with Crippen LogP contribution in [0.25, 0.3) is 6.08 Å². The van der Waals surface area contributed by atoms with Gasteiger partial charge in [-0.3, -0.25) is 0 Å². The minimum atomic E-state index is 0.0779. The van der Waals surface area contributed by atoms with E-state index in [4.69, 9.17) is 9.84 Å². The van der Waals surface area contributed by atoms with E-state index in [0.717, 1.165) is 11.1 Å². The highest BCUT2D eigenvalue weighted by Crippen LogP contribution is 2.07. The van der Waals surface area contributed by atoms with Gasteiger partial charge in [0.1, 0.15) is 0 Å². The van der Waals surface area contributed by atoms with E-state index in [1.807, 2.05) is 30.3 Å². The molecule has 70 valence electrons. The van der Waals surface area contributed by atoms with Crippen LogP contribution in [0.3, 0.4) is 0 Å². The molecule has 2 nitrogen and oxygen atoms in total. The van der Waals surface area contributed by atoms with Crippen molar-refractivity contribution in [1.82, 2.24) is 0 Å². The highest BCUT2D eigenvalue weighted by atomic mass is 16.5. The van der Waals surface area contributed by atoms with Gasteiger partial charge in [-0.2, -0.15) is 0 Å². The Bertz CT molecular complexity index is 279. The molecule has 0 spiro atoms. The topological polar surface area (TPSA) is 29.5 Å². The zero-order valence-corrected chi connectivity index (χ0v) is 7.73. The third kappa shape index (κ3) is 3.40. The summed E-state index contributed by atoms with van der Waals surface area (Å²) in [6, 6.07) is 8.02. The third-order valence-electron chi connectivity index (χ3n) is 1.68. The largest absolute Gasteiger partial charge is 0.392 e. The van der Waals surface area contributed by atoms with Crippen LogP contribution in [0, 0.1) is 0 Å². The fourth-order valence-electron chi connectivity index (χ4n) is 1.14. The Kier molecular flexibility index (Phi) is 4.23. The Hall–Kier alpha value is -1.12. The zero-order valence-electron chi connectivity index (χ0n) is 7.73. The SMILES string of the molecule is COCc1cccc(/C=C/CO)c1. The molecule has 0 fully saturated rings. The number of benzene rings is 1. The standard InChI is InChI=1S/C11H14O2/c1-13-9-11-5-2-4-10(8-11)6-3-7-12/h2-6,8,12H,7,9H2,1H3/b6-3+. The Morgan fingerprint density at radius 1 is 1.46 bits per heavy atom. The zero-order chi connectivity index (χ0) is 9.52. The predicted molar refractivity (Wildman–Crippen MR) is 53.3 cm³/mol. The van der Waals surface area contributed by atoms with Gasteiger partial charge in [-0.05, 0) is 17.2 Å². The van der Waals surface area contributed by atoms with Crippen molar-refractivity contribution in [1.29, 1.82) is 0 Å². The molecule has 0 bridgehead atoms. The van der Waals surface area contributed by atoms with Gasteiger partial charge in [-0.15, -0.1) is 0 Å². The van der Waals surface area contributed by atoms with Crippen LogP contribution in [0.5, 0.6) is 0 Å². The van der Waals surface area contributed by atoms with Crippen molar-refractivity contribution < 1.29 is 9.84 Å². The Balaban J connectivity index is 2.73. The predicted octanol–water partition coefficient (Wildman–Crippen LogP) is 1.84. The van der Waals surface area contributed by atoms with Gasteiger partial charge in [0.15, 0.2) is 0 Å². The van der Waals surface area contributed by atoms with Crippen LogP contribution in [-0.4, -0.2) is 18.8 Å². The fourth-order valence-corrected chi connectivity index (χ4v) is 1.14. The quantitative estimate of drug-likeness (QED) is 0.762. The van der Waals surface area contributed by atoms with Gasteiger partial charge in [0.05, 0.1) is 13.2 Å². The van der Waals surface area contributed by atoms with Gasteiger partial charge in [0.25, 0.3) is 0 Å². The van der Waals surface area contributed by atoms with Crippen molar-refractivity contribution >= 4 is 6.08 Å². The number of aliphatic hydroxyl groups excluding tert-OH is 1. The molecule has 1 aromatic rings. The third-order valence-corrected chi connectivity index (χ3v) is 1.68. The van der Waals surface area contributed by atoms with Crippen molar-refractivity contribution in [3.63, 3.8) is 0 Å². The molecule has 0 aliphatic rings. The van der Waals surface area contributed by atoms with E-state index in [9.17, 15) is 0 Å². The summed E-state index contributed by atoms with van der Waals surface area (Å²) in [5.41, 5.74) is 2.23. The highest BCUT2D eigenvalue weighted by molar-refractivity contribution is 5.50. The summed E-state index contributed by atoms with van der Waals surface area (Å²) < 4.78 is 5.01. The second-order valence-corrected chi connectivity index (χ2v) is 2.76. The summed E-state index contributed by atoms with van der Waals surface area (Å²) in [7, 11) is 1.68. The molecular formula is C11H14O2. The number of rotatable bonds is 4. The molecule has 1 N–H and O–H groups in total. The number of methoxy groups -OCH3 is 1. The first kappa shape index (κ1) is 9.96. The lowest BCUT2D eigenvalue weighted by Gasteiger charge is -2.00. The maximum atomic E-state index is 8.59. The van der Waals surface area contributed by atoms with E-state index in [-0.39, 0.29) is 6.61 Å². The Labute approximate surface area is 78.5 Å². The first-order chi connectivity index (χ1) is 6.36. The van der Waals surface area contributed by atoms with Gasteiger partial charge in [0, 0.05) is 7.11 Å². The summed E-state index contributed by atoms with van der Waals surface area (Å²) in [6.45, 7) is 0.704. The number of hydrogen-bond donors (Lipinski definition) is 1. The van der Waals surface area contributed by atoms with Crippen molar-refractivity contribution in [3.8, 4) is 0 Å². The molecule has 13 heavy (non-hydrogen) atoms. The molecule has 0 aromatic heterocycles. The summed E-state index contributed by atoms with van der Waals surface area (Å²) in [5.74, 6) is 0. The van der Waals surface area contributed by atoms with Crippen LogP contribution >= 0.6 is 0 Å². The second kappa shape index (κ2) is 5.51. The summed E-state index contributed by atoms with van der Waals surface area (Å²) in [6.07, 6.45) is 3.60. The van der Waals surface area contributed by atoms with Crippen LogP contribution in [0.2, 0.25) is 0 Å². The van der Waals surface area contributed by atoms with Crippen LogP contribution in [0.1, 0.15) is 11.1 Å². The van der Waals surface area contributed by atoms with Crippen molar-refractivity contribution in [2.75, 3.05) is 13.7 Å². The summed E-state index contributed by atoms with van der Waals surface area (Å²) in [5, 5.41) is 8.59. The van der Waals surface area contributed by atoms with E-state index < -0.39 is 0 Å². The maximum absolute atomic E-state index is 8.59. The molecule has 1 aromatic carbocycles. The smallest absolute Gasteiger partial charge is 0.0713 e. The summed E-state index contributed by atoms with van der Waals surface area (Å²) in [4.78, 5) is 0. The Morgan fingerprint density at radius 3 is 3.00 bits per heavy atom. The molecule has 0 saturated carbocycles. The monoisotopic (exact) mass is 178 g/mol. The minimum absolute atomic E-state index is 0.0779. The molecule has 0 aliphatic heterocycles. The van der Waals surface area contributed by atoms with E-state index in [0.29, 0.717) is 6.61 Å². The molecule has 2 heteroatoms. The number of ether oxygens (including phenoxy) is 1. The average Bonchev–Trinajstić information content (AvgIpc) is 2.16. The number of hydrogen-bond acceptors (Lipinski definition) is 2. The first-order valence-electron chi connectivity index (χ1n) is 4.22. The molecule has 0 aliphatic carbocycles. The van der Waals surface area contributed by atoms with E-state index in [1.165, 1.54) is 0 Å². The molecule has 0 radical (unpaired) electrons. The van der Waals surface area contributed by atoms with Gasteiger partial charge >= 0.3 is 0 Å². The minimum Gasteiger partial charge on any atom is -0.392 e. The second-order valence-electron chi connectivity index (χ2n) is 2.76. The molecular weight excluding hydrogens is 164 g/mol. The van der Waals surface area contributed by atoms with Crippen LogP contribution in [0.15, 0.2) is 30.3 Å². The van der Waals surface area contributed by atoms with Crippen molar-refractivity contribution in [3.05, 3.63) is 41.5 Å². The van der Waals surface area contributed by atoms with Gasteiger partial charge < -0.3 is 9.84 Å². The first-order valence-corrected chi connectivity index (χ1v) is 4.22. The van der Waals surface area contributed by atoms with Gasteiger partial charge in [-0.1, -0.05) is 30.4 Å². The molecule has 0 amide bonds. The lowest BCUT2D eigenvalue weighted by atomic mass is 10.1. The van der Waals surface area contributed by atoms with Crippen LogP contribution in [0.4, 0.5) is 0 Å². The molecule has 0 saturated heterocycles. The molecule has 0 atom stereocenters. The lowest BCUT2D eigenvalue weighted by Crippen LogP contribution is -1.87. The molecule has 0 unspecified atom stereocenters. The van der Waals surface area contributed by atoms with E-state index in [1.54, 1.807) is 13.2 Å². The summed E-state index contributed by atoms with van der Waals surface area (Å²) >= 11 is 0. The fraction of sp³-hybridized carbons (Fsp3) is 0.273. The normalized spacial score (nSPS) is 10.9. The maximum Gasteiger partial charge on any atom is 0.0713 e. The van der Waals surface area contributed by atoms with Crippen LogP contribution in [-0.2, 0) is 11.3 Å². The molecule has 0 heterocycles. The average molecular weight is 178 g/mol. The van der Waals surface area contributed by atoms with Gasteiger partial charge in [-0.25, -0.2) is 0 Å². The van der Waals surface area contributed by atoms with Crippen LogP contribution < -0.4 is 0 Å². The van der Waals surface area contributed by atoms with E-state index in [2.05, 4.69) is 0 Å². The van der Waals surface area contributed by atoms with Crippen molar-refractivity contribution in [2.24, 2.45) is 0 Å². The van der Waals surface area contributed by atoms with E-state index >= 15 is 0 Å². The lowest BCUT2D eigenvalue weighted by molar-refractivity contribution is 0.185. The highest BCUT2D eigenvalue weighted by Gasteiger charge is 1.91.